The maximum Gasteiger partial charge on any atom is 0.126 e. The normalized spacial score (nSPS) is 12.4. The van der Waals surface area contributed by atoms with Gasteiger partial charge in [0, 0.05) is 12.1 Å². The minimum Gasteiger partial charge on any atom is -0.324 e. The molecule has 0 bridgehead atoms. The zero-order chi connectivity index (χ0) is 13.1. The van der Waals surface area contributed by atoms with E-state index in [4.69, 9.17) is 5.73 Å². The molecule has 4 heteroatoms. The SMILES string of the molecule is NC(Cc1ccccc1F)c1cc(F)cc(F)c1. The van der Waals surface area contributed by atoms with Crippen LogP contribution in [-0.4, -0.2) is 0 Å². The summed E-state index contributed by atoms with van der Waals surface area (Å²) in [5.74, 6) is -1.74. The quantitative estimate of drug-likeness (QED) is 0.889. The second-order valence-corrected chi connectivity index (χ2v) is 4.10. The summed E-state index contributed by atoms with van der Waals surface area (Å²) in [5.41, 5.74) is 6.57. The van der Waals surface area contributed by atoms with E-state index in [9.17, 15) is 13.2 Å². The van der Waals surface area contributed by atoms with Gasteiger partial charge in [-0.05, 0) is 35.7 Å². The third-order valence-electron chi connectivity index (χ3n) is 2.71. The monoisotopic (exact) mass is 251 g/mol. The van der Waals surface area contributed by atoms with Crippen LogP contribution < -0.4 is 5.73 Å². The Morgan fingerprint density at radius 2 is 1.56 bits per heavy atom. The number of rotatable bonds is 3. The molecule has 0 aromatic heterocycles. The molecule has 0 aliphatic rings. The molecule has 0 heterocycles. The third kappa shape index (κ3) is 2.90. The smallest absolute Gasteiger partial charge is 0.126 e. The van der Waals surface area contributed by atoms with Gasteiger partial charge in [0.1, 0.15) is 17.5 Å². The zero-order valence-corrected chi connectivity index (χ0v) is 9.54. The van der Waals surface area contributed by atoms with E-state index in [0.717, 1.165) is 18.2 Å². The Bertz CT molecular complexity index is 534. The highest BCUT2D eigenvalue weighted by Gasteiger charge is 2.12. The van der Waals surface area contributed by atoms with Crippen LogP contribution in [-0.2, 0) is 6.42 Å². The maximum absolute atomic E-state index is 13.4. The van der Waals surface area contributed by atoms with Crippen molar-refractivity contribution in [3.05, 3.63) is 71.0 Å². The van der Waals surface area contributed by atoms with Gasteiger partial charge in [-0.15, -0.1) is 0 Å². The highest BCUT2D eigenvalue weighted by atomic mass is 19.1. The Balaban J connectivity index is 2.22. The van der Waals surface area contributed by atoms with E-state index in [0.29, 0.717) is 11.1 Å². The van der Waals surface area contributed by atoms with Crippen LogP contribution in [0, 0.1) is 17.5 Å². The highest BCUT2D eigenvalue weighted by molar-refractivity contribution is 5.25. The van der Waals surface area contributed by atoms with Crippen molar-refractivity contribution in [2.75, 3.05) is 0 Å². The summed E-state index contributed by atoms with van der Waals surface area (Å²) in [7, 11) is 0. The second kappa shape index (κ2) is 5.23. The fourth-order valence-corrected chi connectivity index (χ4v) is 1.81. The molecule has 0 saturated heterocycles. The first-order valence-electron chi connectivity index (χ1n) is 5.51. The lowest BCUT2D eigenvalue weighted by atomic mass is 9.99. The summed E-state index contributed by atoms with van der Waals surface area (Å²) < 4.78 is 39.5. The van der Waals surface area contributed by atoms with Gasteiger partial charge in [0.2, 0.25) is 0 Å². The van der Waals surface area contributed by atoms with Crippen LogP contribution in [0.3, 0.4) is 0 Å². The van der Waals surface area contributed by atoms with Gasteiger partial charge in [-0.2, -0.15) is 0 Å². The van der Waals surface area contributed by atoms with Gasteiger partial charge in [-0.1, -0.05) is 18.2 Å². The molecule has 0 radical (unpaired) electrons. The molecule has 2 rings (SSSR count). The Hall–Kier alpha value is -1.81. The average molecular weight is 251 g/mol. The van der Waals surface area contributed by atoms with Crippen LogP contribution in [0.2, 0.25) is 0 Å². The van der Waals surface area contributed by atoms with Crippen molar-refractivity contribution in [2.24, 2.45) is 5.73 Å². The molecule has 1 unspecified atom stereocenters. The largest absolute Gasteiger partial charge is 0.324 e. The van der Waals surface area contributed by atoms with E-state index in [2.05, 4.69) is 0 Å². The molecule has 94 valence electrons. The van der Waals surface area contributed by atoms with E-state index in [1.54, 1.807) is 18.2 Å². The Morgan fingerprint density at radius 1 is 0.944 bits per heavy atom. The fourth-order valence-electron chi connectivity index (χ4n) is 1.81. The van der Waals surface area contributed by atoms with Crippen molar-refractivity contribution >= 4 is 0 Å². The predicted molar refractivity (Wildman–Crippen MR) is 63.4 cm³/mol. The van der Waals surface area contributed by atoms with Crippen LogP contribution in [0.1, 0.15) is 17.2 Å². The summed E-state index contributed by atoms with van der Waals surface area (Å²) in [5, 5.41) is 0. The molecule has 2 aromatic rings. The van der Waals surface area contributed by atoms with E-state index < -0.39 is 17.7 Å². The van der Waals surface area contributed by atoms with Gasteiger partial charge in [-0.25, -0.2) is 13.2 Å². The Kier molecular flexibility index (Phi) is 3.67. The van der Waals surface area contributed by atoms with Crippen molar-refractivity contribution in [2.45, 2.75) is 12.5 Å². The number of halogens is 3. The first-order chi connectivity index (χ1) is 8.56. The van der Waals surface area contributed by atoms with Gasteiger partial charge in [0.25, 0.3) is 0 Å². The van der Waals surface area contributed by atoms with Gasteiger partial charge in [0.15, 0.2) is 0 Å². The first kappa shape index (κ1) is 12.6. The summed E-state index contributed by atoms with van der Waals surface area (Å²) in [6, 6.07) is 8.65. The summed E-state index contributed by atoms with van der Waals surface area (Å²) in [4.78, 5) is 0. The van der Waals surface area contributed by atoms with E-state index in [-0.39, 0.29) is 12.2 Å². The molecule has 0 saturated carbocycles. The average Bonchev–Trinajstić information content (AvgIpc) is 2.31. The summed E-state index contributed by atoms with van der Waals surface area (Å²) in [6.07, 6.45) is 0.190. The van der Waals surface area contributed by atoms with Crippen molar-refractivity contribution in [3.63, 3.8) is 0 Å². The van der Waals surface area contributed by atoms with Crippen molar-refractivity contribution in [1.82, 2.24) is 0 Å². The van der Waals surface area contributed by atoms with Gasteiger partial charge in [-0.3, -0.25) is 0 Å². The molecule has 0 fully saturated rings. The molecule has 0 aliphatic heterocycles. The van der Waals surface area contributed by atoms with Crippen LogP contribution >= 0.6 is 0 Å². The molecule has 1 nitrogen and oxygen atoms in total. The number of hydrogen-bond acceptors (Lipinski definition) is 1. The number of benzene rings is 2. The second-order valence-electron chi connectivity index (χ2n) is 4.10. The summed E-state index contributed by atoms with van der Waals surface area (Å²) in [6.45, 7) is 0. The molecule has 2 N–H and O–H groups in total. The lowest BCUT2D eigenvalue weighted by molar-refractivity contribution is 0.567. The standard InChI is InChI=1S/C14H12F3N/c15-11-5-10(6-12(16)8-11)14(18)7-9-3-1-2-4-13(9)17/h1-6,8,14H,7,18H2. The van der Waals surface area contributed by atoms with Crippen LogP contribution in [0.4, 0.5) is 13.2 Å². The molecule has 0 amide bonds. The molecule has 0 aliphatic carbocycles. The minimum atomic E-state index is -0.686. The topological polar surface area (TPSA) is 26.0 Å². The zero-order valence-electron chi connectivity index (χ0n) is 9.54. The van der Waals surface area contributed by atoms with Crippen LogP contribution in [0.25, 0.3) is 0 Å². The molecular weight excluding hydrogens is 239 g/mol. The van der Waals surface area contributed by atoms with Crippen LogP contribution in [0.15, 0.2) is 42.5 Å². The third-order valence-corrected chi connectivity index (χ3v) is 2.71. The Morgan fingerprint density at radius 3 is 2.17 bits per heavy atom. The fraction of sp³-hybridized carbons (Fsp3) is 0.143. The summed E-state index contributed by atoms with van der Waals surface area (Å²) >= 11 is 0. The van der Waals surface area contributed by atoms with Gasteiger partial charge < -0.3 is 5.73 Å². The molecule has 18 heavy (non-hydrogen) atoms. The lowest BCUT2D eigenvalue weighted by Crippen LogP contribution is -2.14. The highest BCUT2D eigenvalue weighted by Crippen LogP contribution is 2.19. The Labute approximate surface area is 103 Å². The van der Waals surface area contributed by atoms with Gasteiger partial charge >= 0.3 is 0 Å². The van der Waals surface area contributed by atoms with Gasteiger partial charge in [0.05, 0.1) is 0 Å². The molecular formula is C14H12F3N. The van der Waals surface area contributed by atoms with E-state index >= 15 is 0 Å². The van der Waals surface area contributed by atoms with Crippen LogP contribution in [0.5, 0.6) is 0 Å². The molecule has 1 atom stereocenters. The number of nitrogens with two attached hydrogens (primary N) is 1. The van der Waals surface area contributed by atoms with Crippen molar-refractivity contribution < 1.29 is 13.2 Å². The first-order valence-corrected chi connectivity index (χ1v) is 5.51. The molecule has 0 spiro atoms. The van der Waals surface area contributed by atoms with Crippen molar-refractivity contribution in [1.29, 1.82) is 0 Å². The van der Waals surface area contributed by atoms with E-state index in [1.807, 2.05) is 0 Å². The van der Waals surface area contributed by atoms with E-state index in [1.165, 1.54) is 6.07 Å². The minimum absolute atomic E-state index is 0.190. The molecule has 2 aromatic carbocycles. The maximum atomic E-state index is 13.4. The number of hydrogen-bond donors (Lipinski definition) is 1. The predicted octanol–water partition coefficient (Wildman–Crippen LogP) is 3.35. The van der Waals surface area contributed by atoms with Crippen molar-refractivity contribution in [3.8, 4) is 0 Å². The lowest BCUT2D eigenvalue weighted by Gasteiger charge is -2.13.